The second-order valence-electron chi connectivity index (χ2n) is 5.04. The lowest BCUT2D eigenvalue weighted by Crippen LogP contribution is -2.94. The zero-order chi connectivity index (χ0) is 8.55. The molecule has 2 rings (SSSR count). The van der Waals surface area contributed by atoms with Gasteiger partial charge in [-0.1, -0.05) is 13.8 Å². The largest absolute Gasteiger partial charge is 0.344 e. The van der Waals surface area contributed by atoms with E-state index in [0.717, 1.165) is 23.8 Å². The fourth-order valence-electron chi connectivity index (χ4n) is 3.21. The summed E-state index contributed by atoms with van der Waals surface area (Å²) in [7, 11) is 0. The van der Waals surface area contributed by atoms with Gasteiger partial charge >= 0.3 is 0 Å². The molecule has 4 atom stereocenters. The molecule has 70 valence electrons. The summed E-state index contributed by atoms with van der Waals surface area (Å²) in [5.41, 5.74) is 0. The Balaban J connectivity index is 1.99. The van der Waals surface area contributed by atoms with E-state index in [1.54, 1.807) is 0 Å². The molecular formula is C11H22N+. The van der Waals surface area contributed by atoms with Crippen LogP contribution in [-0.4, -0.2) is 12.6 Å². The molecule has 2 aliphatic rings. The van der Waals surface area contributed by atoms with Crippen molar-refractivity contribution < 1.29 is 5.32 Å². The minimum absolute atomic E-state index is 0.984. The van der Waals surface area contributed by atoms with E-state index < -0.39 is 0 Å². The average molecular weight is 168 g/mol. The molecular weight excluding hydrogens is 146 g/mol. The first-order chi connectivity index (χ1) is 5.77. The molecule has 2 N–H and O–H groups in total. The van der Waals surface area contributed by atoms with E-state index in [0.29, 0.717) is 0 Å². The highest BCUT2D eigenvalue weighted by atomic mass is 14.9. The summed E-state index contributed by atoms with van der Waals surface area (Å²) in [4.78, 5) is 0. The normalized spacial score (nSPS) is 48.5. The number of quaternary nitrogens is 1. The van der Waals surface area contributed by atoms with Gasteiger partial charge in [-0.2, -0.15) is 0 Å². The smallest absolute Gasteiger partial charge is 0.0892 e. The van der Waals surface area contributed by atoms with Gasteiger partial charge < -0.3 is 5.32 Å². The minimum atomic E-state index is 0.984. The molecule has 1 saturated heterocycles. The van der Waals surface area contributed by atoms with Crippen LogP contribution in [0.1, 0.15) is 39.5 Å². The van der Waals surface area contributed by atoms with E-state index in [9.17, 15) is 0 Å². The van der Waals surface area contributed by atoms with Crippen LogP contribution in [0.15, 0.2) is 0 Å². The zero-order valence-electron chi connectivity index (χ0n) is 8.42. The van der Waals surface area contributed by atoms with E-state index in [1.165, 1.54) is 32.2 Å². The summed E-state index contributed by atoms with van der Waals surface area (Å²) < 4.78 is 0. The van der Waals surface area contributed by atoms with Crippen molar-refractivity contribution in [3.63, 3.8) is 0 Å². The molecule has 12 heavy (non-hydrogen) atoms. The summed E-state index contributed by atoms with van der Waals surface area (Å²) in [5, 5.41) is 2.61. The Hall–Kier alpha value is -0.0400. The SMILES string of the molecule is CC1CC[C@@H]2[C@H](C1)[NH2+]CC[C@@H]2C. The highest BCUT2D eigenvalue weighted by Crippen LogP contribution is 2.34. The van der Waals surface area contributed by atoms with Crippen LogP contribution in [0.3, 0.4) is 0 Å². The van der Waals surface area contributed by atoms with E-state index in [2.05, 4.69) is 19.2 Å². The molecule has 1 saturated carbocycles. The summed E-state index contributed by atoms with van der Waals surface area (Å²) >= 11 is 0. The van der Waals surface area contributed by atoms with Gasteiger partial charge in [0.1, 0.15) is 0 Å². The number of hydrogen-bond donors (Lipinski definition) is 1. The maximum Gasteiger partial charge on any atom is 0.0892 e. The first kappa shape index (κ1) is 8.55. The van der Waals surface area contributed by atoms with Gasteiger partial charge in [0.25, 0.3) is 0 Å². The van der Waals surface area contributed by atoms with E-state index in [1.807, 2.05) is 0 Å². The zero-order valence-corrected chi connectivity index (χ0v) is 8.42. The molecule has 1 aliphatic heterocycles. The molecule has 1 nitrogen and oxygen atoms in total. The quantitative estimate of drug-likeness (QED) is 0.563. The van der Waals surface area contributed by atoms with Crippen molar-refractivity contribution in [3.8, 4) is 0 Å². The molecule has 0 aromatic heterocycles. The van der Waals surface area contributed by atoms with Gasteiger partial charge in [-0.15, -0.1) is 0 Å². The van der Waals surface area contributed by atoms with Gasteiger partial charge in [-0.25, -0.2) is 0 Å². The van der Waals surface area contributed by atoms with Crippen LogP contribution in [0.5, 0.6) is 0 Å². The molecule has 0 amide bonds. The van der Waals surface area contributed by atoms with Gasteiger partial charge in [0.15, 0.2) is 0 Å². The van der Waals surface area contributed by atoms with E-state index in [-0.39, 0.29) is 0 Å². The Morgan fingerprint density at radius 3 is 2.75 bits per heavy atom. The van der Waals surface area contributed by atoms with E-state index in [4.69, 9.17) is 0 Å². The first-order valence-electron chi connectivity index (χ1n) is 5.60. The average Bonchev–Trinajstić information content (AvgIpc) is 2.04. The van der Waals surface area contributed by atoms with Gasteiger partial charge in [-0.05, 0) is 31.1 Å². The van der Waals surface area contributed by atoms with Crippen molar-refractivity contribution in [2.45, 2.75) is 45.6 Å². The maximum atomic E-state index is 2.61. The Morgan fingerprint density at radius 2 is 1.92 bits per heavy atom. The summed E-state index contributed by atoms with van der Waals surface area (Å²) in [6.07, 6.45) is 5.92. The lowest BCUT2D eigenvalue weighted by molar-refractivity contribution is -0.710. The summed E-state index contributed by atoms with van der Waals surface area (Å²) in [5.74, 6) is 3.05. The highest BCUT2D eigenvalue weighted by Gasteiger charge is 2.37. The van der Waals surface area contributed by atoms with Crippen molar-refractivity contribution in [2.75, 3.05) is 6.54 Å². The van der Waals surface area contributed by atoms with Crippen LogP contribution in [0.2, 0.25) is 0 Å². The first-order valence-corrected chi connectivity index (χ1v) is 5.60. The Kier molecular flexibility index (Phi) is 2.40. The van der Waals surface area contributed by atoms with Gasteiger partial charge in [0.05, 0.1) is 12.6 Å². The highest BCUT2D eigenvalue weighted by molar-refractivity contribution is 4.82. The fourth-order valence-corrected chi connectivity index (χ4v) is 3.21. The van der Waals surface area contributed by atoms with Crippen LogP contribution in [0.4, 0.5) is 0 Å². The summed E-state index contributed by atoms with van der Waals surface area (Å²) in [6, 6.07) is 0.984. The van der Waals surface area contributed by atoms with Crippen LogP contribution in [-0.2, 0) is 0 Å². The van der Waals surface area contributed by atoms with E-state index >= 15 is 0 Å². The van der Waals surface area contributed by atoms with Gasteiger partial charge in [-0.3, -0.25) is 0 Å². The third-order valence-corrected chi connectivity index (χ3v) is 4.04. The molecule has 1 unspecified atom stereocenters. The van der Waals surface area contributed by atoms with Crippen molar-refractivity contribution in [1.29, 1.82) is 0 Å². The molecule has 1 aliphatic carbocycles. The number of fused-ring (bicyclic) bond motifs is 1. The standard InChI is InChI=1S/C11H21N/c1-8-3-4-10-9(2)5-6-12-11(10)7-8/h8-12H,3-7H2,1-2H3/p+1/t8?,9-,10-,11-/m0/s1. The molecule has 2 fully saturated rings. The number of hydrogen-bond acceptors (Lipinski definition) is 0. The predicted molar refractivity (Wildman–Crippen MR) is 50.9 cm³/mol. The Labute approximate surface area is 75.9 Å². The maximum absolute atomic E-state index is 2.61. The molecule has 0 aromatic carbocycles. The minimum Gasteiger partial charge on any atom is -0.344 e. The summed E-state index contributed by atoms with van der Waals surface area (Å²) in [6.45, 7) is 6.26. The number of rotatable bonds is 0. The topological polar surface area (TPSA) is 16.6 Å². The van der Waals surface area contributed by atoms with Crippen LogP contribution in [0, 0.1) is 17.8 Å². The molecule has 0 radical (unpaired) electrons. The number of nitrogens with two attached hydrogens (primary N) is 1. The van der Waals surface area contributed by atoms with Crippen molar-refractivity contribution in [1.82, 2.24) is 0 Å². The van der Waals surface area contributed by atoms with Crippen LogP contribution < -0.4 is 5.32 Å². The lowest BCUT2D eigenvalue weighted by atomic mass is 9.71. The third kappa shape index (κ3) is 1.52. The number of piperidine rings is 1. The molecule has 0 bridgehead atoms. The predicted octanol–water partition coefficient (Wildman–Crippen LogP) is 1.39. The molecule has 1 heterocycles. The Morgan fingerprint density at radius 1 is 1.08 bits per heavy atom. The van der Waals surface area contributed by atoms with Crippen molar-refractivity contribution in [3.05, 3.63) is 0 Å². The molecule has 1 heteroatoms. The van der Waals surface area contributed by atoms with Crippen molar-refractivity contribution in [2.24, 2.45) is 17.8 Å². The van der Waals surface area contributed by atoms with Crippen LogP contribution in [0.25, 0.3) is 0 Å². The lowest BCUT2D eigenvalue weighted by Gasteiger charge is -2.39. The Bertz CT molecular complexity index is 155. The fraction of sp³-hybridized carbons (Fsp3) is 1.00. The third-order valence-electron chi connectivity index (χ3n) is 4.04. The van der Waals surface area contributed by atoms with Gasteiger partial charge in [0.2, 0.25) is 0 Å². The van der Waals surface area contributed by atoms with Gasteiger partial charge in [0, 0.05) is 12.3 Å². The molecule has 0 spiro atoms. The molecule has 0 aromatic rings. The second-order valence-corrected chi connectivity index (χ2v) is 5.04. The monoisotopic (exact) mass is 168 g/mol. The van der Waals surface area contributed by atoms with Crippen molar-refractivity contribution >= 4 is 0 Å². The van der Waals surface area contributed by atoms with Crippen LogP contribution >= 0.6 is 0 Å². The second kappa shape index (κ2) is 3.37.